The van der Waals surface area contributed by atoms with Crippen LogP contribution in [0.15, 0.2) is 103 Å². The van der Waals surface area contributed by atoms with Crippen LogP contribution in [0.2, 0.25) is 0 Å². The Hall–Kier alpha value is -10.0. The number of nitrogens with one attached hydrogen (secondary N) is 9. The monoisotopic (exact) mass is 1390 g/mol. The maximum atomic E-state index is 15.3. The summed E-state index contributed by atoms with van der Waals surface area (Å²) in [5.41, 5.74) is 7.90. The number of ether oxygens (including phenoxy) is 5. The predicted octanol–water partition coefficient (Wildman–Crippen LogP) is 0.938. The lowest BCUT2D eigenvalue weighted by atomic mass is 9.95. The maximum absolute atomic E-state index is 15.3. The molecule has 3 aliphatic rings. The van der Waals surface area contributed by atoms with Gasteiger partial charge in [-0.3, -0.25) is 52.7 Å². The van der Waals surface area contributed by atoms with Crippen molar-refractivity contribution in [1.82, 2.24) is 57.7 Å². The van der Waals surface area contributed by atoms with E-state index in [4.69, 9.17) is 24.7 Å². The van der Waals surface area contributed by atoms with Crippen molar-refractivity contribution in [2.75, 3.05) is 53.6 Å². The molecule has 4 aromatic carbocycles. The minimum absolute atomic E-state index is 0.00404. The Morgan fingerprint density at radius 3 is 2.12 bits per heavy atom. The van der Waals surface area contributed by atoms with Crippen LogP contribution in [0.4, 0.5) is 4.79 Å². The second-order valence-corrected chi connectivity index (χ2v) is 26.1. The van der Waals surface area contributed by atoms with Crippen LogP contribution in [0.1, 0.15) is 107 Å². The first-order valence-corrected chi connectivity index (χ1v) is 33.4. The average molecular weight is 1390 g/mol. The summed E-state index contributed by atoms with van der Waals surface area (Å²) in [7, 11) is 2.76. The lowest BCUT2D eigenvalue weighted by molar-refractivity contribution is -0.149. The topological polar surface area (TPSA) is 392 Å². The van der Waals surface area contributed by atoms with E-state index in [1.165, 1.54) is 26.0 Å². The van der Waals surface area contributed by atoms with Crippen LogP contribution in [-0.4, -0.2) is 194 Å². The minimum atomic E-state index is -1.58. The van der Waals surface area contributed by atoms with E-state index >= 15 is 14.4 Å². The average Bonchev–Trinajstić information content (AvgIpc) is 1.60. The number of fused-ring (bicyclic) bond motifs is 4. The highest BCUT2D eigenvalue weighted by molar-refractivity contribution is 5.99. The number of carbonyl (C=O) groups is 12. The first-order valence-electron chi connectivity index (χ1n) is 33.4. The third kappa shape index (κ3) is 22.8. The molecule has 540 valence electrons. The summed E-state index contributed by atoms with van der Waals surface area (Å²) in [4.78, 5) is 169. The number of benzene rings is 4. The van der Waals surface area contributed by atoms with Gasteiger partial charge in [0.2, 0.25) is 59.1 Å². The largest absolute Gasteiger partial charge is 0.497 e. The van der Waals surface area contributed by atoms with Gasteiger partial charge in [0, 0.05) is 58.5 Å². The molecule has 3 aliphatic heterocycles. The molecule has 100 heavy (non-hydrogen) atoms. The molecule has 0 aromatic heterocycles. The van der Waals surface area contributed by atoms with Crippen molar-refractivity contribution < 1.29 is 81.2 Å². The molecule has 29 heteroatoms. The molecule has 3 heterocycles. The fourth-order valence-electron chi connectivity index (χ4n) is 11.9. The van der Waals surface area contributed by atoms with Gasteiger partial charge in [-0.2, -0.15) is 0 Å². The highest BCUT2D eigenvalue weighted by Gasteiger charge is 2.49. The van der Waals surface area contributed by atoms with E-state index in [2.05, 4.69) is 52.6 Å². The molecule has 4 bridgehead atoms. The van der Waals surface area contributed by atoms with E-state index < -0.39 is 145 Å². The number of methoxy groups -OCH3 is 2. The summed E-state index contributed by atoms with van der Waals surface area (Å²) in [6.45, 7) is 8.54. The minimum Gasteiger partial charge on any atom is -0.497 e. The Morgan fingerprint density at radius 2 is 1.43 bits per heavy atom. The number of nitrogens with zero attached hydrogens (tertiary/aromatic N) is 2. The van der Waals surface area contributed by atoms with Gasteiger partial charge in [-0.1, -0.05) is 91.0 Å². The molecule has 0 radical (unpaired) electrons. The van der Waals surface area contributed by atoms with Crippen LogP contribution in [0.5, 0.6) is 5.75 Å². The summed E-state index contributed by atoms with van der Waals surface area (Å²) >= 11 is 0. The van der Waals surface area contributed by atoms with Crippen molar-refractivity contribution in [3.05, 3.63) is 137 Å². The normalized spacial score (nSPS) is 19.5. The number of amides is 11. The molecular formula is C71H94N12O17. The summed E-state index contributed by atoms with van der Waals surface area (Å²) in [5, 5.41) is 24.4. The molecule has 2 saturated heterocycles. The third-order valence-corrected chi connectivity index (χ3v) is 17.3. The van der Waals surface area contributed by atoms with Gasteiger partial charge in [0.05, 0.1) is 45.0 Å². The van der Waals surface area contributed by atoms with Crippen molar-refractivity contribution in [1.29, 1.82) is 0 Å². The lowest BCUT2D eigenvalue weighted by Crippen LogP contribution is -2.64. The van der Waals surface area contributed by atoms with Gasteiger partial charge in [-0.05, 0) is 113 Å². The number of hydrogen-bond donors (Lipinski definition) is 10. The molecule has 11 N–H and O–H groups in total. The summed E-state index contributed by atoms with van der Waals surface area (Å²) in [6, 6.07) is 21.5. The Morgan fingerprint density at radius 1 is 0.740 bits per heavy atom. The second kappa shape index (κ2) is 36.7. The first kappa shape index (κ1) is 77.4. The lowest BCUT2D eigenvalue weighted by Gasteiger charge is -2.37. The number of esters is 1. The summed E-state index contributed by atoms with van der Waals surface area (Å²) in [6.07, 6.45) is -2.24. The molecule has 4 aromatic rings. The van der Waals surface area contributed by atoms with Crippen LogP contribution >= 0.6 is 0 Å². The Kier molecular flexibility index (Phi) is 28.4. The molecule has 0 saturated carbocycles. The van der Waals surface area contributed by atoms with E-state index in [0.717, 1.165) is 16.0 Å². The Bertz CT molecular complexity index is 3540. The van der Waals surface area contributed by atoms with Gasteiger partial charge < -0.3 is 87.1 Å². The smallest absolute Gasteiger partial charge is 0.408 e. The van der Waals surface area contributed by atoms with Crippen molar-refractivity contribution in [2.24, 2.45) is 5.73 Å². The Balaban J connectivity index is 1.07. The fourth-order valence-corrected chi connectivity index (χ4v) is 11.9. The van der Waals surface area contributed by atoms with Crippen molar-refractivity contribution >= 4 is 71.1 Å². The van der Waals surface area contributed by atoms with Gasteiger partial charge in [-0.15, -0.1) is 0 Å². The van der Waals surface area contributed by atoms with E-state index in [0.29, 0.717) is 47.3 Å². The molecule has 2 fully saturated rings. The summed E-state index contributed by atoms with van der Waals surface area (Å²) < 4.78 is 27.7. The van der Waals surface area contributed by atoms with Crippen molar-refractivity contribution in [2.45, 2.75) is 172 Å². The zero-order chi connectivity index (χ0) is 72.7. The molecule has 9 atom stereocenters. The number of hydrogen-bond acceptors (Lipinski definition) is 18. The van der Waals surface area contributed by atoms with E-state index in [-0.39, 0.29) is 77.3 Å². The number of alkyl carbamates (subject to hydrolysis) is 1. The predicted molar refractivity (Wildman–Crippen MR) is 363 cm³/mol. The number of rotatable bonds is 27. The fraction of sp³-hybridized carbons (Fsp3) is 0.493. The zero-order valence-corrected chi connectivity index (χ0v) is 57.9. The van der Waals surface area contributed by atoms with Gasteiger partial charge in [0.1, 0.15) is 60.8 Å². The number of nitrogens with two attached hydrogens (primary N) is 1. The van der Waals surface area contributed by atoms with Crippen LogP contribution in [0, 0.1) is 0 Å². The second-order valence-electron chi connectivity index (χ2n) is 26.1. The molecule has 1 unspecified atom stereocenters. The quantitative estimate of drug-likeness (QED) is 0.0371. The van der Waals surface area contributed by atoms with Crippen LogP contribution in [-0.2, 0) is 111 Å². The molecular weight excluding hydrogens is 1290 g/mol. The van der Waals surface area contributed by atoms with Crippen LogP contribution in [0.3, 0.4) is 0 Å². The molecule has 29 nitrogen and oxygen atoms in total. The Labute approximate surface area is 581 Å². The molecule has 0 spiro atoms. The SMILES string of the molecule is COC(=O)CCC(=O)NCc1ccc(CCNC(=O)[C@]2(C)CCCN2C(=O)[C@H](Cc2ccc(OC)cc2)NC(=O)[C@@H](NC(=O)C2[C@@H]3CCN2C(=O)CNC(=O)[C@@H](NC(=O)[C@@H](CN)NC(=O)[C@H](C)NC(=O)OCc2ccccc2)Cc2cccc(c2)CNC(=O)CO3)[C@@H](C)OC(C)(C)C)cc1. The van der Waals surface area contributed by atoms with Crippen molar-refractivity contribution in [3.63, 3.8) is 0 Å². The van der Waals surface area contributed by atoms with Gasteiger partial charge in [0.25, 0.3) is 0 Å². The van der Waals surface area contributed by atoms with Gasteiger partial charge >= 0.3 is 12.1 Å². The summed E-state index contributed by atoms with van der Waals surface area (Å²) in [5.74, 6) is -6.90. The standard InChI is InChI=1S/C71H94N12O17/c1-43(77-69(95)99-41-48-14-10-9-11-15-48)62(88)80-54(37-72)64(90)78-52-36-49-16-12-17-50(34-49)39-75-57(85)42-98-55-29-33-82(58(86)40-76-63(52)89)61(55)66(92)81-60(44(2)100-70(3,4)5)65(91)79-53(35-46-22-24-51(96-7)25-23-46)67(93)83-32-13-30-71(83,6)68(94)73-31-28-45-18-20-47(21-19-45)38-74-56(84)26-27-59(87)97-8/h9-12,14-25,34,43-44,52-55,60-61H,13,26-33,35-42,72H2,1-8H3,(H,73,94)(H,74,84)(H,75,85)(H,76,89)(H,77,95)(H,78,90)(H,79,91)(H,80,88)(H,81,92)/t43-,44+,52-,53-,54+,55-,60-,61?,71-/m0/s1. The molecule has 7 rings (SSSR count). The van der Waals surface area contributed by atoms with E-state index in [9.17, 15) is 43.2 Å². The van der Waals surface area contributed by atoms with E-state index in [1.54, 1.807) is 113 Å². The van der Waals surface area contributed by atoms with Crippen LogP contribution in [0.25, 0.3) is 0 Å². The number of likely N-dealkylation sites (tertiary alicyclic amines) is 1. The third-order valence-electron chi connectivity index (χ3n) is 17.3. The van der Waals surface area contributed by atoms with Crippen LogP contribution < -0.4 is 58.3 Å². The molecule has 0 aliphatic carbocycles. The van der Waals surface area contributed by atoms with Gasteiger partial charge in [0.15, 0.2) is 0 Å². The zero-order valence-electron chi connectivity index (χ0n) is 57.9. The highest BCUT2D eigenvalue weighted by Crippen LogP contribution is 2.31. The van der Waals surface area contributed by atoms with E-state index in [1.807, 2.05) is 24.3 Å². The van der Waals surface area contributed by atoms with Crippen molar-refractivity contribution in [3.8, 4) is 5.75 Å². The van der Waals surface area contributed by atoms with Gasteiger partial charge in [-0.25, -0.2) is 4.79 Å². The maximum Gasteiger partial charge on any atom is 0.408 e. The molecule has 11 amide bonds. The highest BCUT2D eigenvalue weighted by atomic mass is 16.5. The first-order chi connectivity index (χ1) is 47.7. The number of carbonyl (C=O) groups excluding carboxylic acids is 12.